The maximum Gasteiger partial charge on any atom is 0.140 e. The molecule has 0 saturated carbocycles. The topological polar surface area (TPSA) is 54.7 Å². The number of rotatable bonds is 3. The number of aromatic nitrogens is 2. The number of H-pyrrole nitrogens is 1. The summed E-state index contributed by atoms with van der Waals surface area (Å²) >= 11 is 0. The van der Waals surface area contributed by atoms with Gasteiger partial charge in [0.05, 0.1) is 0 Å². The molecule has 0 unspecified atom stereocenters. The third-order valence-corrected chi connectivity index (χ3v) is 3.57. The summed E-state index contributed by atoms with van der Waals surface area (Å²) < 4.78 is 0. The van der Waals surface area contributed by atoms with Crippen LogP contribution in [0.3, 0.4) is 0 Å². The molecule has 0 fully saturated rings. The number of nitrogens with zero attached hydrogens (tertiary/aromatic N) is 1. The number of anilines is 1. The van der Waals surface area contributed by atoms with Crippen LogP contribution < -0.4 is 5.73 Å². The first-order valence-corrected chi connectivity index (χ1v) is 6.30. The molecule has 0 bridgehead atoms. The average molecular weight is 231 g/mol. The first kappa shape index (κ1) is 12.0. The van der Waals surface area contributed by atoms with E-state index in [-0.39, 0.29) is 0 Å². The molecule has 2 heterocycles. The van der Waals surface area contributed by atoms with Crippen molar-refractivity contribution in [1.82, 2.24) is 9.97 Å². The molecule has 3 nitrogen and oxygen atoms in total. The summed E-state index contributed by atoms with van der Waals surface area (Å²) in [6, 6.07) is 0. The maximum absolute atomic E-state index is 6.31. The minimum absolute atomic E-state index is 0.919. The van der Waals surface area contributed by atoms with Crippen LogP contribution in [0.4, 0.5) is 5.69 Å². The molecule has 3 heteroatoms. The van der Waals surface area contributed by atoms with Gasteiger partial charge in [-0.05, 0) is 44.7 Å². The van der Waals surface area contributed by atoms with Gasteiger partial charge in [0, 0.05) is 22.5 Å². The number of aryl methyl sites for hydroxylation is 3. The monoisotopic (exact) mass is 231 g/mol. The molecule has 0 radical (unpaired) electrons. The number of pyridine rings is 1. The van der Waals surface area contributed by atoms with Gasteiger partial charge in [-0.2, -0.15) is 0 Å². The van der Waals surface area contributed by atoms with E-state index in [4.69, 9.17) is 5.73 Å². The predicted octanol–water partition coefficient (Wildman–Crippen LogP) is 3.41. The molecule has 2 aromatic heterocycles. The average Bonchev–Trinajstić information content (AvgIpc) is 2.54. The number of unbranched alkanes of at least 4 members (excludes halogenated alkanes) is 1. The van der Waals surface area contributed by atoms with Crippen molar-refractivity contribution in [2.45, 2.75) is 47.0 Å². The van der Waals surface area contributed by atoms with Gasteiger partial charge in [-0.15, -0.1) is 0 Å². The van der Waals surface area contributed by atoms with Crippen LogP contribution in [0.15, 0.2) is 0 Å². The Hall–Kier alpha value is -1.51. The smallest absolute Gasteiger partial charge is 0.140 e. The highest BCUT2D eigenvalue weighted by molar-refractivity contribution is 5.94. The van der Waals surface area contributed by atoms with Crippen LogP contribution in [-0.2, 0) is 6.42 Å². The lowest BCUT2D eigenvalue weighted by atomic mass is 10.0. The van der Waals surface area contributed by atoms with Gasteiger partial charge in [0.25, 0.3) is 0 Å². The van der Waals surface area contributed by atoms with Crippen molar-refractivity contribution in [1.29, 1.82) is 0 Å². The van der Waals surface area contributed by atoms with E-state index in [1.165, 1.54) is 24.0 Å². The Balaban J connectivity index is 2.65. The van der Waals surface area contributed by atoms with E-state index in [1.54, 1.807) is 0 Å². The van der Waals surface area contributed by atoms with E-state index < -0.39 is 0 Å². The normalized spacial score (nSPS) is 11.3. The Kier molecular flexibility index (Phi) is 3.09. The third kappa shape index (κ3) is 1.90. The first-order chi connectivity index (χ1) is 8.06. The number of nitrogens with two attached hydrogens (primary N) is 1. The molecule has 0 aliphatic rings. The Morgan fingerprint density at radius 2 is 1.94 bits per heavy atom. The van der Waals surface area contributed by atoms with E-state index >= 15 is 0 Å². The summed E-state index contributed by atoms with van der Waals surface area (Å²) in [5, 5.41) is 1.11. The second-order valence-electron chi connectivity index (χ2n) is 4.79. The number of fused-ring (bicyclic) bond motifs is 1. The second kappa shape index (κ2) is 4.40. The fraction of sp³-hybridized carbons (Fsp3) is 0.500. The summed E-state index contributed by atoms with van der Waals surface area (Å²) in [6.45, 7) is 8.41. The summed E-state index contributed by atoms with van der Waals surface area (Å²) in [4.78, 5) is 7.94. The van der Waals surface area contributed by atoms with E-state index in [0.717, 1.165) is 34.5 Å². The largest absolute Gasteiger partial charge is 0.398 e. The number of nitrogen functional groups attached to an aromatic ring is 1. The summed E-state index contributed by atoms with van der Waals surface area (Å²) in [5.74, 6) is 0. The summed E-state index contributed by atoms with van der Waals surface area (Å²) in [6.07, 6.45) is 3.38. The van der Waals surface area contributed by atoms with Crippen molar-refractivity contribution in [2.24, 2.45) is 0 Å². The minimum Gasteiger partial charge on any atom is -0.398 e. The van der Waals surface area contributed by atoms with Gasteiger partial charge in [0.1, 0.15) is 5.65 Å². The van der Waals surface area contributed by atoms with Gasteiger partial charge in [-0.25, -0.2) is 4.98 Å². The lowest BCUT2D eigenvalue weighted by Gasteiger charge is -2.10. The molecule has 0 aliphatic heterocycles. The predicted molar refractivity (Wildman–Crippen MR) is 73.3 cm³/mol. The highest BCUT2D eigenvalue weighted by Crippen LogP contribution is 2.30. The van der Waals surface area contributed by atoms with Gasteiger partial charge >= 0.3 is 0 Å². The Labute approximate surface area is 102 Å². The molecular weight excluding hydrogens is 210 g/mol. The standard InChI is InChI=1S/C14H21N3/c1-5-6-7-11-10(4)17-14-12(13(11)15)8(2)9(3)16-14/h5-7H2,1-4H3,(H3,15,16,17). The molecule has 0 amide bonds. The Morgan fingerprint density at radius 3 is 2.59 bits per heavy atom. The highest BCUT2D eigenvalue weighted by Gasteiger charge is 2.14. The van der Waals surface area contributed by atoms with Gasteiger partial charge in [-0.3, -0.25) is 0 Å². The van der Waals surface area contributed by atoms with Crippen molar-refractivity contribution in [3.63, 3.8) is 0 Å². The lowest BCUT2D eigenvalue weighted by Crippen LogP contribution is -2.01. The third-order valence-electron chi connectivity index (χ3n) is 3.57. The molecule has 2 rings (SSSR count). The van der Waals surface area contributed by atoms with Crippen LogP contribution in [0.2, 0.25) is 0 Å². The van der Waals surface area contributed by atoms with Gasteiger partial charge in [-0.1, -0.05) is 13.3 Å². The van der Waals surface area contributed by atoms with Gasteiger partial charge in [0.2, 0.25) is 0 Å². The van der Waals surface area contributed by atoms with E-state index in [1.807, 2.05) is 6.92 Å². The van der Waals surface area contributed by atoms with Crippen LogP contribution in [0.5, 0.6) is 0 Å². The van der Waals surface area contributed by atoms with Crippen molar-refractivity contribution in [3.05, 3.63) is 22.5 Å². The van der Waals surface area contributed by atoms with Crippen LogP contribution in [-0.4, -0.2) is 9.97 Å². The molecular formula is C14H21N3. The number of aromatic amines is 1. The van der Waals surface area contributed by atoms with Crippen LogP contribution >= 0.6 is 0 Å². The van der Waals surface area contributed by atoms with Crippen molar-refractivity contribution < 1.29 is 0 Å². The fourth-order valence-electron chi connectivity index (χ4n) is 2.36. The quantitative estimate of drug-likeness (QED) is 0.850. The van der Waals surface area contributed by atoms with Crippen molar-refractivity contribution in [2.75, 3.05) is 5.73 Å². The first-order valence-electron chi connectivity index (χ1n) is 6.30. The zero-order valence-electron chi connectivity index (χ0n) is 11.1. The van der Waals surface area contributed by atoms with E-state index in [9.17, 15) is 0 Å². The number of hydrogen-bond donors (Lipinski definition) is 2. The van der Waals surface area contributed by atoms with Gasteiger partial charge in [0.15, 0.2) is 0 Å². The Morgan fingerprint density at radius 1 is 1.24 bits per heavy atom. The lowest BCUT2D eigenvalue weighted by molar-refractivity contribution is 0.789. The van der Waals surface area contributed by atoms with Crippen LogP contribution in [0.1, 0.15) is 42.3 Å². The fourth-order valence-corrected chi connectivity index (χ4v) is 2.36. The molecule has 0 aliphatic carbocycles. The second-order valence-corrected chi connectivity index (χ2v) is 4.79. The molecule has 92 valence electrons. The summed E-state index contributed by atoms with van der Waals surface area (Å²) in [5.41, 5.74) is 12.8. The molecule has 0 saturated heterocycles. The molecule has 3 N–H and O–H groups in total. The van der Waals surface area contributed by atoms with Gasteiger partial charge < -0.3 is 10.7 Å². The molecule has 17 heavy (non-hydrogen) atoms. The molecule has 0 spiro atoms. The maximum atomic E-state index is 6.31. The van der Waals surface area contributed by atoms with E-state index in [2.05, 4.69) is 30.7 Å². The molecule has 0 atom stereocenters. The zero-order valence-corrected chi connectivity index (χ0v) is 11.1. The van der Waals surface area contributed by atoms with E-state index in [0.29, 0.717) is 0 Å². The van der Waals surface area contributed by atoms with Crippen molar-refractivity contribution >= 4 is 16.7 Å². The minimum atomic E-state index is 0.919. The number of nitrogens with one attached hydrogen (secondary N) is 1. The molecule has 0 aromatic carbocycles. The van der Waals surface area contributed by atoms with Crippen LogP contribution in [0, 0.1) is 20.8 Å². The SMILES string of the molecule is CCCCc1c(C)nc2[nH]c(C)c(C)c2c1N. The number of hydrogen-bond acceptors (Lipinski definition) is 2. The Bertz CT molecular complexity index is 552. The highest BCUT2D eigenvalue weighted by atomic mass is 14.9. The molecule has 2 aromatic rings. The zero-order chi connectivity index (χ0) is 12.6. The van der Waals surface area contributed by atoms with Crippen molar-refractivity contribution in [3.8, 4) is 0 Å². The van der Waals surface area contributed by atoms with Crippen LogP contribution in [0.25, 0.3) is 11.0 Å². The summed E-state index contributed by atoms with van der Waals surface area (Å²) in [7, 11) is 0.